The van der Waals surface area contributed by atoms with Gasteiger partial charge in [0.1, 0.15) is 29.0 Å². The van der Waals surface area contributed by atoms with Crippen molar-refractivity contribution in [1.82, 2.24) is 4.90 Å². The fourth-order valence-electron chi connectivity index (χ4n) is 5.85. The van der Waals surface area contributed by atoms with E-state index in [-0.39, 0.29) is 5.41 Å². The van der Waals surface area contributed by atoms with Gasteiger partial charge >= 0.3 is 5.51 Å². The third-order valence-corrected chi connectivity index (χ3v) is 12.7. The Balaban J connectivity index is 0.000000436. The van der Waals surface area contributed by atoms with Crippen molar-refractivity contribution in [3.8, 4) is 0 Å². The molecule has 0 amide bonds. The number of halogens is 3. The summed E-state index contributed by atoms with van der Waals surface area (Å²) in [6.45, 7) is 14.4. The highest BCUT2D eigenvalue weighted by molar-refractivity contribution is 7.96. The maximum atomic E-state index is 10.7. The van der Waals surface area contributed by atoms with Crippen LogP contribution in [-0.2, 0) is 15.5 Å². The highest BCUT2D eigenvalue weighted by atomic mass is 32.2. The first-order chi connectivity index (χ1) is 17.6. The summed E-state index contributed by atoms with van der Waals surface area (Å²) in [5, 5.41) is 4.54. The maximum absolute atomic E-state index is 10.7. The molecule has 0 N–H and O–H groups in total. The minimum Gasteiger partial charge on any atom is -0.741 e. The second-order valence-electron chi connectivity index (χ2n) is 10.5. The van der Waals surface area contributed by atoms with Gasteiger partial charge in [-0.3, -0.25) is 4.90 Å². The highest BCUT2D eigenvalue weighted by Crippen LogP contribution is 2.70. The zero-order valence-electron chi connectivity index (χ0n) is 22.5. The number of hydrogen-bond acceptors (Lipinski definition) is 4. The van der Waals surface area contributed by atoms with Crippen LogP contribution in [-0.4, -0.2) is 41.2 Å². The molecular formula is C29H35F3NO3PS. The molecule has 4 rings (SSSR count). The maximum Gasteiger partial charge on any atom is 0.485 e. The van der Waals surface area contributed by atoms with Crippen LogP contribution in [0.2, 0.25) is 0 Å². The average Bonchev–Trinajstić information content (AvgIpc) is 3.04. The molecule has 0 aromatic heterocycles. The van der Waals surface area contributed by atoms with Gasteiger partial charge in [0.15, 0.2) is 10.1 Å². The van der Waals surface area contributed by atoms with Crippen LogP contribution in [0.25, 0.3) is 0 Å². The largest absolute Gasteiger partial charge is 0.741 e. The van der Waals surface area contributed by atoms with Crippen LogP contribution in [0.15, 0.2) is 84.9 Å². The Morgan fingerprint density at radius 3 is 1.53 bits per heavy atom. The average molecular weight is 566 g/mol. The molecule has 0 radical (unpaired) electrons. The van der Waals surface area contributed by atoms with Gasteiger partial charge in [0.2, 0.25) is 0 Å². The van der Waals surface area contributed by atoms with Gasteiger partial charge in [0, 0.05) is 23.1 Å². The van der Waals surface area contributed by atoms with Crippen LogP contribution in [0.3, 0.4) is 0 Å². The van der Waals surface area contributed by atoms with Crippen molar-refractivity contribution in [2.24, 2.45) is 0 Å². The van der Waals surface area contributed by atoms with E-state index >= 15 is 0 Å². The van der Waals surface area contributed by atoms with Gasteiger partial charge < -0.3 is 4.55 Å². The van der Waals surface area contributed by atoms with E-state index in [0.29, 0.717) is 17.9 Å². The van der Waals surface area contributed by atoms with Gasteiger partial charge in [0.05, 0.1) is 0 Å². The Kier molecular flexibility index (Phi) is 8.84. The van der Waals surface area contributed by atoms with E-state index in [9.17, 15) is 13.2 Å². The molecule has 0 spiro atoms. The number of rotatable bonds is 5. The van der Waals surface area contributed by atoms with Gasteiger partial charge in [-0.05, 0) is 58.0 Å². The van der Waals surface area contributed by atoms with Crippen molar-refractivity contribution >= 4 is 33.3 Å². The zero-order valence-corrected chi connectivity index (χ0v) is 24.2. The third kappa shape index (κ3) is 5.42. The van der Waals surface area contributed by atoms with E-state index in [2.05, 4.69) is 131 Å². The Hall–Kier alpha value is -2.25. The minimum absolute atomic E-state index is 0.0462. The van der Waals surface area contributed by atoms with Gasteiger partial charge in [0.25, 0.3) is 0 Å². The molecule has 0 saturated heterocycles. The van der Waals surface area contributed by atoms with E-state index in [1.165, 1.54) is 16.2 Å². The highest BCUT2D eigenvalue weighted by Gasteiger charge is 2.67. The standard InChI is InChI=1S/C28H35NP.CHF3O3S/c1-21(2)29(22(3)4)27-28(5,6)25-19-13-14-20-26(25)30(27,23-15-9-7-10-16-23)24-17-11-8-12-18-24;2-1(3,4)8(5,6)7/h7-22,27H,1-6H3;(H,5,6,7)/q+1;/p-1. The smallest absolute Gasteiger partial charge is 0.485 e. The predicted octanol–water partition coefficient (Wildman–Crippen LogP) is 5.77. The molecule has 1 heterocycles. The number of nitrogens with zero attached hydrogens (tertiary/aromatic N) is 1. The lowest BCUT2D eigenvalue weighted by Gasteiger charge is -2.45. The van der Waals surface area contributed by atoms with Gasteiger partial charge in [-0.1, -0.05) is 68.4 Å². The van der Waals surface area contributed by atoms with Crippen molar-refractivity contribution in [2.45, 2.75) is 70.3 Å². The van der Waals surface area contributed by atoms with Crippen LogP contribution in [0, 0.1) is 0 Å². The van der Waals surface area contributed by atoms with Crippen LogP contribution in [0.1, 0.15) is 47.1 Å². The summed E-state index contributed by atoms with van der Waals surface area (Å²) in [5.74, 6) is 0.409. The molecule has 0 aliphatic carbocycles. The minimum atomic E-state index is -6.09. The predicted molar refractivity (Wildman–Crippen MR) is 150 cm³/mol. The van der Waals surface area contributed by atoms with E-state index in [1.807, 2.05) is 0 Å². The SMILES string of the molecule is CC(C)N(C(C)C)C1C(C)(C)c2ccccc2[P+]1(c1ccccc1)c1ccccc1.O=S(=O)([O-])C(F)(F)F. The second kappa shape index (κ2) is 11.1. The summed E-state index contributed by atoms with van der Waals surface area (Å²) >= 11 is 0. The van der Waals surface area contributed by atoms with Crippen molar-refractivity contribution in [1.29, 1.82) is 0 Å². The second-order valence-corrected chi connectivity index (χ2v) is 15.4. The van der Waals surface area contributed by atoms with E-state index in [4.69, 9.17) is 13.0 Å². The Labute approximate surface area is 225 Å². The zero-order chi connectivity index (χ0) is 28.5. The molecular weight excluding hydrogens is 530 g/mol. The van der Waals surface area contributed by atoms with Gasteiger partial charge in [-0.25, -0.2) is 8.42 Å². The molecule has 38 heavy (non-hydrogen) atoms. The molecule has 1 atom stereocenters. The van der Waals surface area contributed by atoms with Gasteiger partial charge in [-0.2, -0.15) is 13.2 Å². The molecule has 1 aliphatic heterocycles. The topological polar surface area (TPSA) is 60.4 Å². The van der Waals surface area contributed by atoms with Crippen LogP contribution in [0.4, 0.5) is 13.2 Å². The molecule has 4 nitrogen and oxygen atoms in total. The van der Waals surface area contributed by atoms with Crippen molar-refractivity contribution in [3.63, 3.8) is 0 Å². The lowest BCUT2D eigenvalue weighted by molar-refractivity contribution is -0.0517. The summed E-state index contributed by atoms with van der Waals surface area (Å²) in [7, 11) is -8.00. The summed E-state index contributed by atoms with van der Waals surface area (Å²) in [4.78, 5) is 2.80. The van der Waals surface area contributed by atoms with Crippen LogP contribution < -0.4 is 15.9 Å². The molecule has 0 fully saturated rings. The summed E-state index contributed by atoms with van der Waals surface area (Å²) < 4.78 is 58.9. The normalized spacial score (nSPS) is 18.3. The molecule has 0 saturated carbocycles. The van der Waals surface area contributed by atoms with Crippen LogP contribution >= 0.6 is 7.26 Å². The molecule has 3 aromatic rings. The molecule has 206 valence electrons. The van der Waals surface area contributed by atoms with Crippen molar-refractivity contribution in [2.75, 3.05) is 0 Å². The first-order valence-corrected chi connectivity index (χ1v) is 15.7. The molecule has 1 aliphatic rings. The Bertz CT molecular complexity index is 1280. The van der Waals surface area contributed by atoms with Crippen molar-refractivity contribution < 1.29 is 26.1 Å². The first kappa shape index (κ1) is 30.3. The lowest BCUT2D eigenvalue weighted by atomic mass is 9.83. The van der Waals surface area contributed by atoms with Crippen molar-refractivity contribution in [3.05, 3.63) is 90.5 Å². The molecule has 3 aromatic carbocycles. The molecule has 9 heteroatoms. The number of fused-ring (bicyclic) bond motifs is 1. The van der Waals surface area contributed by atoms with E-state index < -0.39 is 22.9 Å². The quantitative estimate of drug-likeness (QED) is 0.224. The van der Waals surface area contributed by atoms with Crippen LogP contribution in [0.5, 0.6) is 0 Å². The van der Waals surface area contributed by atoms with E-state index in [0.717, 1.165) is 0 Å². The fourth-order valence-corrected chi connectivity index (χ4v) is 11.9. The summed E-state index contributed by atoms with van der Waals surface area (Å²) in [6.07, 6.45) is 0. The summed E-state index contributed by atoms with van der Waals surface area (Å²) in [5.41, 5.74) is -4.08. The number of alkyl halides is 3. The number of benzene rings is 3. The monoisotopic (exact) mass is 565 g/mol. The van der Waals surface area contributed by atoms with Gasteiger partial charge in [-0.15, -0.1) is 0 Å². The lowest BCUT2D eigenvalue weighted by Crippen LogP contribution is -2.55. The number of hydrogen-bond donors (Lipinski definition) is 0. The fraction of sp³-hybridized carbons (Fsp3) is 0.379. The molecule has 1 unspecified atom stereocenters. The Morgan fingerprint density at radius 1 is 0.789 bits per heavy atom. The molecule has 0 bridgehead atoms. The third-order valence-electron chi connectivity index (χ3n) is 7.08. The first-order valence-electron chi connectivity index (χ1n) is 12.5. The summed E-state index contributed by atoms with van der Waals surface area (Å²) in [6, 6.07) is 32.9. The Morgan fingerprint density at radius 2 is 1.16 bits per heavy atom. The van der Waals surface area contributed by atoms with E-state index in [1.54, 1.807) is 5.30 Å².